The molecule has 118 valence electrons. The standard InChI is InChI=1S/C14H24N4O3/c1-4-20-8-13-17-11(15-3)7-12(18-13)16-9-14(19)5-6-21-10(14)2/h7,10,19H,4-6,8-9H2,1-3H3,(H2,15,16,17,18). The molecule has 1 aromatic rings. The number of aromatic nitrogens is 2. The lowest BCUT2D eigenvalue weighted by molar-refractivity contribution is -0.0176. The maximum absolute atomic E-state index is 10.5. The molecule has 1 aliphatic heterocycles. The Kier molecular flexibility index (Phi) is 5.33. The summed E-state index contributed by atoms with van der Waals surface area (Å²) in [5, 5.41) is 16.7. The molecule has 7 nitrogen and oxygen atoms in total. The summed E-state index contributed by atoms with van der Waals surface area (Å²) in [6.45, 7) is 5.77. The van der Waals surface area contributed by atoms with Crippen molar-refractivity contribution in [3.05, 3.63) is 11.9 Å². The SMILES string of the molecule is CCOCc1nc(NC)cc(NCC2(O)CCOC2C)n1. The van der Waals surface area contributed by atoms with Crippen molar-refractivity contribution < 1.29 is 14.6 Å². The number of hydrogen-bond acceptors (Lipinski definition) is 7. The van der Waals surface area contributed by atoms with Crippen LogP contribution in [0.1, 0.15) is 26.1 Å². The molecule has 1 aromatic heterocycles. The van der Waals surface area contributed by atoms with Gasteiger partial charge in [0.1, 0.15) is 23.8 Å². The van der Waals surface area contributed by atoms with Crippen LogP contribution in [0, 0.1) is 0 Å². The molecule has 0 radical (unpaired) electrons. The summed E-state index contributed by atoms with van der Waals surface area (Å²) >= 11 is 0. The first kappa shape index (κ1) is 15.9. The van der Waals surface area contributed by atoms with E-state index in [0.29, 0.717) is 50.2 Å². The van der Waals surface area contributed by atoms with Gasteiger partial charge in [-0.1, -0.05) is 0 Å². The molecule has 2 heterocycles. The number of aliphatic hydroxyl groups is 1. The van der Waals surface area contributed by atoms with Crippen LogP contribution >= 0.6 is 0 Å². The van der Waals surface area contributed by atoms with Crippen molar-refractivity contribution in [2.45, 2.75) is 38.6 Å². The highest BCUT2D eigenvalue weighted by molar-refractivity contribution is 5.47. The zero-order valence-corrected chi connectivity index (χ0v) is 12.8. The normalized spacial score (nSPS) is 25.0. The van der Waals surface area contributed by atoms with E-state index in [-0.39, 0.29) is 6.10 Å². The monoisotopic (exact) mass is 296 g/mol. The van der Waals surface area contributed by atoms with Gasteiger partial charge in [0, 0.05) is 39.3 Å². The molecule has 2 atom stereocenters. The summed E-state index contributed by atoms with van der Waals surface area (Å²) in [4.78, 5) is 8.72. The molecule has 0 bridgehead atoms. The fourth-order valence-electron chi connectivity index (χ4n) is 2.22. The highest BCUT2D eigenvalue weighted by atomic mass is 16.5. The Morgan fingerprint density at radius 3 is 2.86 bits per heavy atom. The first-order valence-corrected chi connectivity index (χ1v) is 7.28. The van der Waals surface area contributed by atoms with E-state index >= 15 is 0 Å². The first-order chi connectivity index (χ1) is 10.1. The van der Waals surface area contributed by atoms with Gasteiger partial charge in [-0.2, -0.15) is 0 Å². The maximum Gasteiger partial charge on any atom is 0.158 e. The van der Waals surface area contributed by atoms with E-state index < -0.39 is 5.60 Å². The average Bonchev–Trinajstić information content (AvgIpc) is 2.83. The summed E-state index contributed by atoms with van der Waals surface area (Å²) in [5.41, 5.74) is -0.856. The van der Waals surface area contributed by atoms with E-state index in [4.69, 9.17) is 9.47 Å². The third kappa shape index (κ3) is 4.03. The van der Waals surface area contributed by atoms with Gasteiger partial charge in [0.15, 0.2) is 5.82 Å². The van der Waals surface area contributed by atoms with Crippen LogP contribution in [-0.2, 0) is 16.1 Å². The third-order valence-corrected chi connectivity index (χ3v) is 3.70. The van der Waals surface area contributed by atoms with Crippen molar-refractivity contribution in [3.63, 3.8) is 0 Å². The van der Waals surface area contributed by atoms with E-state index in [1.54, 1.807) is 13.1 Å². The summed E-state index contributed by atoms with van der Waals surface area (Å²) in [5.74, 6) is 1.98. The van der Waals surface area contributed by atoms with Gasteiger partial charge in [0.2, 0.25) is 0 Å². The fraction of sp³-hybridized carbons (Fsp3) is 0.714. The number of nitrogens with one attached hydrogen (secondary N) is 2. The minimum atomic E-state index is -0.856. The van der Waals surface area contributed by atoms with Crippen LogP contribution < -0.4 is 10.6 Å². The molecule has 0 amide bonds. The molecular formula is C14H24N4O3. The predicted molar refractivity (Wildman–Crippen MR) is 80.4 cm³/mol. The molecule has 3 N–H and O–H groups in total. The van der Waals surface area contributed by atoms with Crippen LogP contribution in [0.4, 0.5) is 11.6 Å². The van der Waals surface area contributed by atoms with Gasteiger partial charge in [-0.25, -0.2) is 9.97 Å². The van der Waals surface area contributed by atoms with Crippen LogP contribution in [0.3, 0.4) is 0 Å². The number of rotatable bonds is 7. The van der Waals surface area contributed by atoms with Crippen molar-refractivity contribution in [3.8, 4) is 0 Å². The van der Waals surface area contributed by atoms with Gasteiger partial charge >= 0.3 is 0 Å². The molecular weight excluding hydrogens is 272 g/mol. The summed E-state index contributed by atoms with van der Waals surface area (Å²) < 4.78 is 10.8. The lowest BCUT2D eigenvalue weighted by Crippen LogP contribution is -2.43. The van der Waals surface area contributed by atoms with Gasteiger partial charge in [0.05, 0.1) is 6.10 Å². The second-order valence-electron chi connectivity index (χ2n) is 5.16. The molecule has 2 unspecified atom stereocenters. The Hall–Kier alpha value is -1.44. The molecule has 0 spiro atoms. The second-order valence-corrected chi connectivity index (χ2v) is 5.16. The number of nitrogens with zero attached hydrogens (tertiary/aromatic N) is 2. The maximum atomic E-state index is 10.5. The third-order valence-electron chi connectivity index (χ3n) is 3.70. The quantitative estimate of drug-likeness (QED) is 0.692. The van der Waals surface area contributed by atoms with Crippen molar-refractivity contribution >= 4 is 11.6 Å². The molecule has 21 heavy (non-hydrogen) atoms. The summed E-state index contributed by atoms with van der Waals surface area (Å²) in [6, 6.07) is 1.80. The van der Waals surface area contributed by atoms with Crippen LogP contribution in [-0.4, -0.2) is 53.6 Å². The number of anilines is 2. The molecule has 1 fully saturated rings. The van der Waals surface area contributed by atoms with E-state index in [2.05, 4.69) is 20.6 Å². The smallest absolute Gasteiger partial charge is 0.158 e. The van der Waals surface area contributed by atoms with Crippen molar-refractivity contribution in [2.75, 3.05) is 37.4 Å². The molecule has 0 saturated carbocycles. The number of ether oxygens (including phenoxy) is 2. The van der Waals surface area contributed by atoms with Crippen molar-refractivity contribution in [1.82, 2.24) is 9.97 Å². The Balaban J connectivity index is 2.04. The molecule has 2 rings (SSSR count). The molecule has 0 aliphatic carbocycles. The Morgan fingerprint density at radius 1 is 1.48 bits per heavy atom. The highest BCUT2D eigenvalue weighted by Gasteiger charge is 2.39. The largest absolute Gasteiger partial charge is 0.385 e. The van der Waals surface area contributed by atoms with Crippen LogP contribution in [0.15, 0.2) is 6.07 Å². The Morgan fingerprint density at radius 2 is 2.24 bits per heavy atom. The lowest BCUT2D eigenvalue weighted by Gasteiger charge is -2.26. The summed E-state index contributed by atoms with van der Waals surface area (Å²) in [7, 11) is 1.80. The van der Waals surface area contributed by atoms with Crippen LogP contribution in [0.25, 0.3) is 0 Å². The molecule has 0 aromatic carbocycles. The van der Waals surface area contributed by atoms with Gasteiger partial charge in [0.25, 0.3) is 0 Å². The molecule has 1 saturated heterocycles. The van der Waals surface area contributed by atoms with Crippen molar-refractivity contribution in [1.29, 1.82) is 0 Å². The molecule has 7 heteroatoms. The van der Waals surface area contributed by atoms with Gasteiger partial charge in [-0.15, -0.1) is 0 Å². The number of hydrogen-bond donors (Lipinski definition) is 3. The van der Waals surface area contributed by atoms with Gasteiger partial charge < -0.3 is 25.2 Å². The fourth-order valence-corrected chi connectivity index (χ4v) is 2.22. The zero-order chi connectivity index (χ0) is 15.3. The van der Waals surface area contributed by atoms with Crippen LogP contribution in [0.5, 0.6) is 0 Å². The summed E-state index contributed by atoms with van der Waals surface area (Å²) in [6.07, 6.45) is 0.440. The Labute approximate surface area is 125 Å². The van der Waals surface area contributed by atoms with Crippen LogP contribution in [0.2, 0.25) is 0 Å². The predicted octanol–water partition coefficient (Wildman–Crippen LogP) is 1.01. The first-order valence-electron chi connectivity index (χ1n) is 7.28. The minimum absolute atomic E-state index is 0.182. The highest BCUT2D eigenvalue weighted by Crippen LogP contribution is 2.26. The van der Waals surface area contributed by atoms with E-state index in [0.717, 1.165) is 0 Å². The minimum Gasteiger partial charge on any atom is -0.385 e. The van der Waals surface area contributed by atoms with E-state index in [1.165, 1.54) is 0 Å². The van der Waals surface area contributed by atoms with Crippen molar-refractivity contribution in [2.24, 2.45) is 0 Å². The van der Waals surface area contributed by atoms with E-state index in [1.807, 2.05) is 13.8 Å². The molecule has 1 aliphatic rings. The lowest BCUT2D eigenvalue weighted by atomic mass is 9.97. The van der Waals surface area contributed by atoms with E-state index in [9.17, 15) is 5.11 Å². The van der Waals surface area contributed by atoms with Gasteiger partial charge in [-0.3, -0.25) is 0 Å². The average molecular weight is 296 g/mol. The second kappa shape index (κ2) is 7.02. The Bertz CT molecular complexity index is 472. The van der Waals surface area contributed by atoms with Gasteiger partial charge in [-0.05, 0) is 13.8 Å². The topological polar surface area (TPSA) is 88.5 Å². The zero-order valence-electron chi connectivity index (χ0n) is 12.8.